The van der Waals surface area contributed by atoms with Crippen LogP contribution in [0.1, 0.15) is 58.3 Å². The first kappa shape index (κ1) is 12.0. The molecule has 3 rings (SSSR count). The molecule has 2 saturated heterocycles. The van der Waals surface area contributed by atoms with E-state index in [1.54, 1.807) is 0 Å². The topological polar surface area (TPSA) is 15.3 Å². The highest BCUT2D eigenvalue weighted by molar-refractivity contribution is 4.94. The minimum atomic E-state index is 0.811. The maximum atomic E-state index is 3.75. The zero-order valence-electron chi connectivity index (χ0n) is 11.3. The highest BCUT2D eigenvalue weighted by Gasteiger charge is 2.37. The van der Waals surface area contributed by atoms with Gasteiger partial charge in [-0.25, -0.2) is 0 Å². The Balaban J connectivity index is 1.66. The SMILES string of the molecule is CC1CCC(N2CCCCC2C2CCCN2)C1. The summed E-state index contributed by atoms with van der Waals surface area (Å²) in [6.07, 6.45) is 11.6. The average molecular weight is 236 g/mol. The number of hydrogen-bond donors (Lipinski definition) is 1. The van der Waals surface area contributed by atoms with Crippen molar-refractivity contribution in [3.8, 4) is 0 Å². The van der Waals surface area contributed by atoms with Crippen molar-refractivity contribution in [2.45, 2.75) is 76.4 Å². The third kappa shape index (κ3) is 2.53. The van der Waals surface area contributed by atoms with Gasteiger partial charge in [-0.2, -0.15) is 0 Å². The molecule has 98 valence electrons. The van der Waals surface area contributed by atoms with E-state index in [2.05, 4.69) is 17.1 Å². The minimum absolute atomic E-state index is 0.811. The second kappa shape index (κ2) is 5.27. The Kier molecular flexibility index (Phi) is 3.72. The maximum absolute atomic E-state index is 3.75. The lowest BCUT2D eigenvalue weighted by molar-refractivity contribution is 0.0738. The summed E-state index contributed by atoms with van der Waals surface area (Å²) in [5, 5.41) is 3.75. The zero-order chi connectivity index (χ0) is 11.7. The van der Waals surface area contributed by atoms with Crippen LogP contribution in [0.5, 0.6) is 0 Å². The fourth-order valence-electron chi connectivity index (χ4n) is 4.38. The van der Waals surface area contributed by atoms with Crippen LogP contribution in [0, 0.1) is 5.92 Å². The van der Waals surface area contributed by atoms with Crippen LogP contribution in [0.2, 0.25) is 0 Å². The predicted octanol–water partition coefficient (Wildman–Crippen LogP) is 2.78. The normalized spacial score (nSPS) is 44.3. The Hall–Kier alpha value is -0.0800. The van der Waals surface area contributed by atoms with E-state index < -0.39 is 0 Å². The largest absolute Gasteiger partial charge is 0.312 e. The Morgan fingerprint density at radius 3 is 2.65 bits per heavy atom. The summed E-state index contributed by atoms with van der Waals surface area (Å²) in [4.78, 5) is 2.90. The fraction of sp³-hybridized carbons (Fsp3) is 1.00. The first-order valence-electron chi connectivity index (χ1n) is 7.84. The summed E-state index contributed by atoms with van der Waals surface area (Å²) in [5.74, 6) is 0.971. The van der Waals surface area contributed by atoms with Crippen LogP contribution in [-0.4, -0.2) is 36.1 Å². The number of likely N-dealkylation sites (tertiary alicyclic amines) is 1. The van der Waals surface area contributed by atoms with Gasteiger partial charge in [0, 0.05) is 18.1 Å². The van der Waals surface area contributed by atoms with Crippen LogP contribution in [0.15, 0.2) is 0 Å². The summed E-state index contributed by atoms with van der Waals surface area (Å²) in [6.45, 7) is 5.07. The third-order valence-corrected chi connectivity index (χ3v) is 5.29. The summed E-state index contributed by atoms with van der Waals surface area (Å²) in [5.41, 5.74) is 0. The molecule has 2 heteroatoms. The Labute approximate surface area is 106 Å². The molecular weight excluding hydrogens is 208 g/mol. The van der Waals surface area contributed by atoms with E-state index in [0.717, 1.165) is 24.0 Å². The van der Waals surface area contributed by atoms with Gasteiger partial charge in [0.2, 0.25) is 0 Å². The molecule has 4 unspecified atom stereocenters. The summed E-state index contributed by atoms with van der Waals surface area (Å²) in [6, 6.07) is 2.59. The molecule has 4 atom stereocenters. The highest BCUT2D eigenvalue weighted by atomic mass is 15.2. The van der Waals surface area contributed by atoms with Gasteiger partial charge in [0.05, 0.1) is 0 Å². The molecule has 3 fully saturated rings. The maximum Gasteiger partial charge on any atom is 0.0252 e. The molecule has 0 radical (unpaired) electrons. The molecule has 2 heterocycles. The van der Waals surface area contributed by atoms with Gasteiger partial charge in [0.15, 0.2) is 0 Å². The van der Waals surface area contributed by atoms with Gasteiger partial charge in [0.1, 0.15) is 0 Å². The Bertz CT molecular complexity index is 247. The number of nitrogens with zero attached hydrogens (tertiary/aromatic N) is 1. The molecule has 0 bridgehead atoms. The van der Waals surface area contributed by atoms with Crippen molar-refractivity contribution in [3.05, 3.63) is 0 Å². The lowest BCUT2D eigenvalue weighted by Gasteiger charge is -2.43. The van der Waals surface area contributed by atoms with Crippen molar-refractivity contribution in [2.24, 2.45) is 5.92 Å². The van der Waals surface area contributed by atoms with Gasteiger partial charge in [-0.15, -0.1) is 0 Å². The van der Waals surface area contributed by atoms with Gasteiger partial charge >= 0.3 is 0 Å². The van der Waals surface area contributed by atoms with Crippen LogP contribution in [0.3, 0.4) is 0 Å². The van der Waals surface area contributed by atoms with E-state index in [0.29, 0.717) is 0 Å². The lowest BCUT2D eigenvalue weighted by Crippen LogP contribution is -2.53. The van der Waals surface area contributed by atoms with E-state index >= 15 is 0 Å². The zero-order valence-corrected chi connectivity index (χ0v) is 11.3. The second-order valence-corrected chi connectivity index (χ2v) is 6.58. The second-order valence-electron chi connectivity index (χ2n) is 6.58. The molecule has 0 aromatic rings. The number of nitrogens with one attached hydrogen (secondary N) is 1. The summed E-state index contributed by atoms with van der Waals surface area (Å²) >= 11 is 0. The van der Waals surface area contributed by atoms with Gasteiger partial charge in [-0.05, 0) is 64.0 Å². The molecule has 2 nitrogen and oxygen atoms in total. The molecule has 2 aliphatic heterocycles. The molecule has 0 aromatic carbocycles. The van der Waals surface area contributed by atoms with E-state index in [4.69, 9.17) is 0 Å². The predicted molar refractivity (Wildman–Crippen MR) is 72.2 cm³/mol. The van der Waals surface area contributed by atoms with Crippen molar-refractivity contribution in [2.75, 3.05) is 13.1 Å². The highest BCUT2D eigenvalue weighted by Crippen LogP contribution is 2.34. The first-order chi connectivity index (χ1) is 8.34. The molecule has 1 aliphatic carbocycles. The molecule has 0 aromatic heterocycles. The molecule has 0 spiro atoms. The van der Waals surface area contributed by atoms with Crippen LogP contribution < -0.4 is 5.32 Å². The molecule has 1 saturated carbocycles. The summed E-state index contributed by atoms with van der Waals surface area (Å²) in [7, 11) is 0. The van der Waals surface area contributed by atoms with Crippen molar-refractivity contribution >= 4 is 0 Å². The quantitative estimate of drug-likeness (QED) is 0.793. The monoisotopic (exact) mass is 236 g/mol. The van der Waals surface area contributed by atoms with Gasteiger partial charge in [-0.1, -0.05) is 13.3 Å². The smallest absolute Gasteiger partial charge is 0.0252 e. The fourth-order valence-corrected chi connectivity index (χ4v) is 4.38. The average Bonchev–Trinajstić information content (AvgIpc) is 3.00. The van der Waals surface area contributed by atoms with Gasteiger partial charge < -0.3 is 5.32 Å². The standard InChI is InChI=1S/C15H28N2/c1-12-7-8-13(11-12)17-10-3-2-6-15(17)14-5-4-9-16-14/h12-16H,2-11H2,1H3. The van der Waals surface area contributed by atoms with Crippen LogP contribution >= 0.6 is 0 Å². The van der Waals surface area contributed by atoms with Crippen molar-refractivity contribution in [3.63, 3.8) is 0 Å². The van der Waals surface area contributed by atoms with Crippen molar-refractivity contribution < 1.29 is 0 Å². The molecular formula is C15H28N2. The van der Waals surface area contributed by atoms with E-state index in [1.807, 2.05) is 0 Å². The number of rotatable bonds is 2. The molecule has 1 N–H and O–H groups in total. The molecule has 17 heavy (non-hydrogen) atoms. The number of hydrogen-bond acceptors (Lipinski definition) is 2. The Morgan fingerprint density at radius 2 is 1.94 bits per heavy atom. The minimum Gasteiger partial charge on any atom is -0.312 e. The van der Waals surface area contributed by atoms with Gasteiger partial charge in [0.25, 0.3) is 0 Å². The van der Waals surface area contributed by atoms with Crippen LogP contribution in [0.4, 0.5) is 0 Å². The number of piperidine rings is 1. The van der Waals surface area contributed by atoms with Crippen molar-refractivity contribution in [1.29, 1.82) is 0 Å². The third-order valence-electron chi connectivity index (χ3n) is 5.29. The summed E-state index contributed by atoms with van der Waals surface area (Å²) < 4.78 is 0. The van der Waals surface area contributed by atoms with E-state index in [-0.39, 0.29) is 0 Å². The van der Waals surface area contributed by atoms with E-state index in [1.165, 1.54) is 64.5 Å². The Morgan fingerprint density at radius 1 is 1.00 bits per heavy atom. The first-order valence-corrected chi connectivity index (χ1v) is 7.84. The lowest BCUT2D eigenvalue weighted by atomic mass is 9.92. The van der Waals surface area contributed by atoms with Crippen LogP contribution in [-0.2, 0) is 0 Å². The molecule has 3 aliphatic rings. The molecule has 0 amide bonds. The van der Waals surface area contributed by atoms with Crippen molar-refractivity contribution in [1.82, 2.24) is 10.2 Å². The van der Waals surface area contributed by atoms with Crippen LogP contribution in [0.25, 0.3) is 0 Å². The van der Waals surface area contributed by atoms with Gasteiger partial charge in [-0.3, -0.25) is 4.90 Å². The van der Waals surface area contributed by atoms with E-state index in [9.17, 15) is 0 Å².